The molecular formula is C97H186N4O35. The van der Waals surface area contributed by atoms with Gasteiger partial charge in [-0.1, -0.05) is 67.2 Å². The van der Waals surface area contributed by atoms with Gasteiger partial charge in [0.05, 0.1) is 342 Å². The van der Waals surface area contributed by atoms with E-state index in [1.807, 2.05) is 41.5 Å². The number of ether oxygens (including phenoxy) is 27. The van der Waals surface area contributed by atoms with E-state index >= 15 is 0 Å². The van der Waals surface area contributed by atoms with Gasteiger partial charge in [0.2, 0.25) is 23.6 Å². The van der Waals surface area contributed by atoms with Gasteiger partial charge in [-0.05, 0) is 83.5 Å². The predicted molar refractivity (Wildman–Crippen MR) is 511 cm³/mol. The van der Waals surface area contributed by atoms with Gasteiger partial charge >= 0.3 is 0 Å². The Morgan fingerprint density at radius 3 is 0.588 bits per heavy atom. The molecule has 4 atom stereocenters. The fourth-order valence-corrected chi connectivity index (χ4v) is 12.0. The van der Waals surface area contributed by atoms with Crippen molar-refractivity contribution >= 4 is 46.8 Å². The molecule has 0 unspecified atom stereocenters. The molecule has 804 valence electrons. The molecule has 0 saturated carbocycles. The van der Waals surface area contributed by atoms with Crippen LogP contribution in [0.1, 0.15) is 177 Å². The Kier molecular flexibility index (Phi) is 107. The SMILES string of the molecule is CCCCC(=O)N[C@H](C(=O)C[C@@H](CCCCNC(=O)CCOCCOCCOCCOC)C(C)=O)C(C)C.CCCCC(=O)N[C@H](C(=O)C[C@@H](CCCCNC(=O)CCOCCOCCOCCOCCOCCOCCCCCOCCOCCOCCOCCOCCOCCOCCOCCOCCOCCOCCOCCOCCOCCOCCOCCOC)C(C)=O)C(C)C. The van der Waals surface area contributed by atoms with E-state index in [0.29, 0.717) is 395 Å². The van der Waals surface area contributed by atoms with Crippen LogP contribution in [0.3, 0.4) is 0 Å². The van der Waals surface area contributed by atoms with Crippen LogP contribution in [-0.4, -0.2) is 430 Å². The van der Waals surface area contributed by atoms with Crippen LogP contribution in [-0.2, 0) is 166 Å². The van der Waals surface area contributed by atoms with Crippen LogP contribution in [0.15, 0.2) is 0 Å². The Morgan fingerprint density at radius 1 is 0.213 bits per heavy atom. The van der Waals surface area contributed by atoms with Crippen molar-refractivity contribution in [3.05, 3.63) is 0 Å². The molecule has 39 nitrogen and oxygen atoms in total. The first-order valence-corrected chi connectivity index (χ1v) is 50.0. The second kappa shape index (κ2) is 109. The van der Waals surface area contributed by atoms with E-state index in [0.717, 1.165) is 51.4 Å². The summed E-state index contributed by atoms with van der Waals surface area (Å²) in [6.07, 6.45) is 11.8. The highest BCUT2D eigenvalue weighted by Gasteiger charge is 2.30. The lowest BCUT2D eigenvalue weighted by Gasteiger charge is -2.23. The van der Waals surface area contributed by atoms with Crippen molar-refractivity contribution in [3.63, 3.8) is 0 Å². The van der Waals surface area contributed by atoms with Crippen molar-refractivity contribution in [2.45, 2.75) is 189 Å². The highest BCUT2D eigenvalue weighted by molar-refractivity contribution is 5.93. The average molecular weight is 1970 g/mol. The van der Waals surface area contributed by atoms with E-state index in [9.17, 15) is 38.4 Å². The smallest absolute Gasteiger partial charge is 0.222 e. The number of hydrogen-bond acceptors (Lipinski definition) is 35. The Hall–Kier alpha value is -4.52. The second-order valence-electron chi connectivity index (χ2n) is 32.3. The molecule has 0 heterocycles. The van der Waals surface area contributed by atoms with E-state index in [4.69, 9.17) is 128 Å². The summed E-state index contributed by atoms with van der Waals surface area (Å²) >= 11 is 0. The number of rotatable bonds is 112. The number of carbonyl (C=O) groups is 8. The third kappa shape index (κ3) is 101. The van der Waals surface area contributed by atoms with E-state index in [2.05, 4.69) is 21.3 Å². The normalized spacial score (nSPS) is 12.4. The maximum atomic E-state index is 13.0. The molecule has 136 heavy (non-hydrogen) atoms. The molecule has 0 aliphatic carbocycles. The van der Waals surface area contributed by atoms with Crippen molar-refractivity contribution in [1.82, 2.24) is 21.3 Å². The van der Waals surface area contributed by atoms with Crippen molar-refractivity contribution in [1.29, 1.82) is 0 Å². The van der Waals surface area contributed by atoms with Crippen LogP contribution in [0.4, 0.5) is 0 Å². The number of unbranched alkanes of at least 4 members (excludes halogenated alkanes) is 6. The molecule has 0 aliphatic heterocycles. The number of amides is 4. The van der Waals surface area contributed by atoms with E-state index in [-0.39, 0.29) is 96.8 Å². The van der Waals surface area contributed by atoms with Crippen LogP contribution in [0.2, 0.25) is 0 Å². The molecule has 0 fully saturated rings. The molecule has 0 aromatic heterocycles. The van der Waals surface area contributed by atoms with Gasteiger partial charge < -0.3 is 149 Å². The standard InChI is InChI=1S/C69H134N2O27.C28H52N2O8/c1-6-7-14-68(75)71-69(63(2)3)66(73)62-65(64(4)72)13-9-10-16-70-67(74)15-19-79-24-27-83-32-35-87-40-38-85-33-30-81-25-22-77-17-11-8-12-18-78-23-26-82-31-34-86-39-41-89-44-45-91-48-49-93-52-53-95-56-57-97-60-61-98-59-58-96-55-54-94-51-50-92-47-46-90-43-42-88-37-36-84-29-28-80-21-20-76-5;1-6-7-11-27(34)30-28(22(2)3)25(32)21-24(23(4)31)10-8-9-13-29-26(33)12-14-36-17-18-38-20-19-37-16-15-35-5/h63,65,69H,6-62H2,1-5H3,(H,70,74)(H,71,75);22,24,28H,6-21H2,1-5H3,(H,29,33)(H,30,34)/t65-,69+;24-,28+/m11/s1. The number of Topliss-reactive ketones (excluding diaryl/α,β-unsaturated/α-hetero) is 4. The molecule has 4 N–H and O–H groups in total. The summed E-state index contributed by atoms with van der Waals surface area (Å²) in [5.74, 6) is -1.61. The number of methoxy groups -OCH3 is 2. The summed E-state index contributed by atoms with van der Waals surface area (Å²) in [5, 5.41) is 11.5. The summed E-state index contributed by atoms with van der Waals surface area (Å²) in [6.45, 7) is 41.2. The quantitative estimate of drug-likeness (QED) is 0.0437. The minimum absolute atomic E-state index is 0.0260. The van der Waals surface area contributed by atoms with Gasteiger partial charge in [0, 0.05) is 90.9 Å². The Balaban J connectivity index is 0. The molecule has 4 amide bonds. The van der Waals surface area contributed by atoms with Gasteiger partial charge in [-0.2, -0.15) is 0 Å². The number of hydrogen-bond donors (Lipinski definition) is 4. The van der Waals surface area contributed by atoms with Crippen LogP contribution < -0.4 is 21.3 Å². The molecule has 0 rings (SSSR count). The number of ketones is 4. The first kappa shape index (κ1) is 134. The molecule has 0 spiro atoms. The first-order valence-electron chi connectivity index (χ1n) is 50.0. The molecule has 0 bridgehead atoms. The van der Waals surface area contributed by atoms with Crippen molar-refractivity contribution in [2.24, 2.45) is 23.7 Å². The minimum atomic E-state index is -0.597. The maximum absolute atomic E-state index is 13.0. The highest BCUT2D eigenvalue weighted by Crippen LogP contribution is 2.20. The third-order valence-corrected chi connectivity index (χ3v) is 19.9. The first-order chi connectivity index (χ1) is 66.4. The van der Waals surface area contributed by atoms with Crippen LogP contribution in [0.25, 0.3) is 0 Å². The van der Waals surface area contributed by atoms with Crippen molar-refractivity contribution in [2.75, 3.05) is 371 Å². The summed E-state index contributed by atoms with van der Waals surface area (Å²) in [5.41, 5.74) is 0. The molecule has 0 aliphatic rings. The topological polar surface area (TPSA) is 434 Å². The summed E-state index contributed by atoms with van der Waals surface area (Å²) < 4.78 is 147. The zero-order valence-corrected chi connectivity index (χ0v) is 85.4. The lowest BCUT2D eigenvalue weighted by molar-refractivity contribution is -0.131. The molecule has 0 aromatic rings. The van der Waals surface area contributed by atoms with Gasteiger partial charge in [0.25, 0.3) is 0 Å². The third-order valence-electron chi connectivity index (χ3n) is 19.9. The molecule has 0 radical (unpaired) electrons. The van der Waals surface area contributed by atoms with Gasteiger partial charge in [-0.3, -0.25) is 38.4 Å². The Bertz CT molecular complexity index is 2620. The molecule has 39 heteroatoms. The summed E-state index contributed by atoms with van der Waals surface area (Å²) in [6, 6.07) is -1.17. The predicted octanol–water partition coefficient (Wildman–Crippen LogP) is 7.19. The largest absolute Gasteiger partial charge is 0.382 e. The maximum Gasteiger partial charge on any atom is 0.222 e. The van der Waals surface area contributed by atoms with E-state index < -0.39 is 18.0 Å². The zero-order chi connectivity index (χ0) is 99.6. The second-order valence-corrected chi connectivity index (χ2v) is 32.3. The van der Waals surface area contributed by atoms with Gasteiger partial charge in [0.1, 0.15) is 11.6 Å². The fourth-order valence-electron chi connectivity index (χ4n) is 12.0. The highest BCUT2D eigenvalue weighted by atomic mass is 16.6. The Morgan fingerprint density at radius 2 is 0.404 bits per heavy atom. The summed E-state index contributed by atoms with van der Waals surface area (Å²) in [4.78, 5) is 98.9. The van der Waals surface area contributed by atoms with Crippen molar-refractivity contribution in [3.8, 4) is 0 Å². The lowest BCUT2D eigenvalue weighted by Crippen LogP contribution is -2.45. The number of carbonyl (C=O) groups excluding carboxylic acids is 8. The van der Waals surface area contributed by atoms with E-state index in [1.165, 1.54) is 13.8 Å². The molecule has 0 saturated heterocycles. The van der Waals surface area contributed by atoms with E-state index in [1.54, 1.807) is 14.2 Å². The minimum Gasteiger partial charge on any atom is -0.382 e. The average Bonchev–Trinajstić information content (AvgIpc) is 0.882. The van der Waals surface area contributed by atoms with Gasteiger partial charge in [-0.25, -0.2) is 0 Å². The van der Waals surface area contributed by atoms with Crippen LogP contribution in [0, 0.1) is 23.7 Å². The fraction of sp³-hybridized carbons (Fsp3) is 0.918. The van der Waals surface area contributed by atoms with Gasteiger partial charge in [-0.15, -0.1) is 0 Å². The van der Waals surface area contributed by atoms with Crippen LogP contribution in [0.5, 0.6) is 0 Å². The van der Waals surface area contributed by atoms with Gasteiger partial charge in [0.15, 0.2) is 11.6 Å². The molecule has 0 aromatic carbocycles. The zero-order valence-electron chi connectivity index (χ0n) is 85.4. The van der Waals surface area contributed by atoms with Crippen LogP contribution >= 0.6 is 0 Å². The van der Waals surface area contributed by atoms with Crippen molar-refractivity contribution < 1.29 is 166 Å². The number of nitrogens with one attached hydrogen (secondary N) is 4. The lowest BCUT2D eigenvalue weighted by atomic mass is 9.87. The monoisotopic (exact) mass is 1970 g/mol. The molecular weight excluding hydrogens is 1780 g/mol. The summed E-state index contributed by atoms with van der Waals surface area (Å²) in [7, 11) is 3.27. The Labute approximate surface area is 814 Å².